The maximum Gasteiger partial charge on any atom is 0.416 e. The number of carbonyl (C=O) groups is 1. The lowest BCUT2D eigenvalue weighted by molar-refractivity contribution is -0.137. The summed E-state index contributed by atoms with van der Waals surface area (Å²) < 4.78 is 81.0. The summed E-state index contributed by atoms with van der Waals surface area (Å²) in [5.41, 5.74) is 0.175. The summed E-state index contributed by atoms with van der Waals surface area (Å²) >= 11 is 6.16. The van der Waals surface area contributed by atoms with Gasteiger partial charge in [0.05, 0.1) is 28.8 Å². The summed E-state index contributed by atoms with van der Waals surface area (Å²) in [5, 5.41) is 4.10. The number of rotatable bonds is 7. The molecule has 37 heavy (non-hydrogen) atoms. The molecule has 3 aromatic rings. The average Bonchev–Trinajstić information content (AvgIpc) is 3.45. The number of hydrogen-bond acceptors (Lipinski definition) is 4. The van der Waals surface area contributed by atoms with Crippen molar-refractivity contribution in [1.82, 2.24) is 14.1 Å². The van der Waals surface area contributed by atoms with Gasteiger partial charge in [0, 0.05) is 31.1 Å². The molecule has 1 aromatic heterocycles. The topological polar surface area (TPSA) is 76.6 Å². The first-order valence-corrected chi connectivity index (χ1v) is 12.8. The molecule has 0 spiro atoms. The molecule has 1 saturated heterocycles. The van der Waals surface area contributed by atoms with Crippen molar-refractivity contribution in [3.05, 3.63) is 82.4 Å². The first-order chi connectivity index (χ1) is 17.4. The Morgan fingerprint density at radius 3 is 2.38 bits per heavy atom. The van der Waals surface area contributed by atoms with E-state index >= 15 is 0 Å². The SMILES string of the molecule is [C-]#[N+]c1ccc(S(=O)(=O)N2C[C@H](F)C[C@H]2C(=O)CCc2cn(-c3ccc(C(F)(F)F)cc3)nc2Cl)cc1. The Balaban J connectivity index is 1.47. The van der Waals surface area contributed by atoms with E-state index in [9.17, 15) is 30.8 Å². The van der Waals surface area contributed by atoms with Crippen molar-refractivity contribution in [3.8, 4) is 5.69 Å². The minimum Gasteiger partial charge on any atom is -0.298 e. The van der Waals surface area contributed by atoms with Gasteiger partial charge in [0.1, 0.15) is 6.17 Å². The average molecular weight is 555 g/mol. The molecule has 194 valence electrons. The molecule has 7 nitrogen and oxygen atoms in total. The number of aromatic nitrogens is 2. The van der Waals surface area contributed by atoms with Gasteiger partial charge in [-0.1, -0.05) is 35.9 Å². The van der Waals surface area contributed by atoms with Crippen LogP contribution >= 0.6 is 11.6 Å². The molecule has 0 saturated carbocycles. The molecule has 1 fully saturated rings. The molecule has 0 radical (unpaired) electrons. The van der Waals surface area contributed by atoms with Crippen LogP contribution in [0.4, 0.5) is 23.2 Å². The van der Waals surface area contributed by atoms with E-state index in [1.54, 1.807) is 0 Å². The zero-order valence-electron chi connectivity index (χ0n) is 19.0. The molecule has 1 aliphatic rings. The number of carbonyl (C=O) groups excluding carboxylic acids is 1. The highest BCUT2D eigenvalue weighted by atomic mass is 35.5. The quantitative estimate of drug-likeness (QED) is 0.289. The number of aryl methyl sites for hydroxylation is 1. The van der Waals surface area contributed by atoms with Gasteiger partial charge >= 0.3 is 6.18 Å². The van der Waals surface area contributed by atoms with Gasteiger partial charge in [-0.2, -0.15) is 22.6 Å². The lowest BCUT2D eigenvalue weighted by atomic mass is 10.0. The Hall–Kier alpha value is -3.27. The van der Waals surface area contributed by atoms with Gasteiger partial charge in [-0.3, -0.25) is 4.79 Å². The fourth-order valence-electron chi connectivity index (χ4n) is 4.06. The predicted octanol–water partition coefficient (Wildman–Crippen LogP) is 5.40. The molecular weight excluding hydrogens is 536 g/mol. The monoisotopic (exact) mass is 554 g/mol. The molecule has 0 unspecified atom stereocenters. The number of Topliss-reactive ketones (excluding diaryl/α,β-unsaturated/α-hetero) is 1. The van der Waals surface area contributed by atoms with E-state index in [4.69, 9.17) is 18.2 Å². The smallest absolute Gasteiger partial charge is 0.298 e. The number of sulfonamides is 1. The lowest BCUT2D eigenvalue weighted by Gasteiger charge is -2.22. The third-order valence-corrected chi connectivity index (χ3v) is 8.19. The van der Waals surface area contributed by atoms with Crippen LogP contribution in [0.3, 0.4) is 0 Å². The Kier molecular flexibility index (Phi) is 7.41. The molecule has 4 rings (SSSR count). The first kappa shape index (κ1) is 26.8. The predicted molar refractivity (Wildman–Crippen MR) is 127 cm³/mol. The maximum atomic E-state index is 14.3. The summed E-state index contributed by atoms with van der Waals surface area (Å²) in [4.78, 5) is 16.0. The minimum absolute atomic E-state index is 0.0341. The Morgan fingerprint density at radius 2 is 1.78 bits per heavy atom. The van der Waals surface area contributed by atoms with Gasteiger partial charge in [-0.05, 0) is 30.7 Å². The van der Waals surface area contributed by atoms with Crippen LogP contribution in [0.1, 0.15) is 24.0 Å². The minimum atomic E-state index is -4.48. The van der Waals surface area contributed by atoms with Gasteiger partial charge in [0.25, 0.3) is 0 Å². The summed E-state index contributed by atoms with van der Waals surface area (Å²) in [6, 6.07) is 8.22. The zero-order valence-corrected chi connectivity index (χ0v) is 20.6. The van der Waals surface area contributed by atoms with E-state index in [2.05, 4.69) is 9.94 Å². The van der Waals surface area contributed by atoms with E-state index in [1.165, 1.54) is 47.3 Å². The fourth-order valence-corrected chi connectivity index (χ4v) is 5.93. The second-order valence-electron chi connectivity index (χ2n) is 8.43. The standard InChI is InChI=1S/C24H19ClF4N4O3S/c1-30-18-5-9-20(10-6-18)37(35,36)33-14-17(26)12-21(33)22(34)11-2-15-13-32(31-23(15)25)19-7-3-16(4-8-19)24(27,28)29/h3-10,13,17,21H,2,11-12,14H2/t17-,21+/m1/s1. The Labute approximate surface area is 215 Å². The second-order valence-corrected chi connectivity index (χ2v) is 10.7. The van der Waals surface area contributed by atoms with Crippen molar-refractivity contribution in [3.63, 3.8) is 0 Å². The largest absolute Gasteiger partial charge is 0.416 e. The van der Waals surface area contributed by atoms with Crippen molar-refractivity contribution in [2.45, 2.75) is 42.5 Å². The van der Waals surface area contributed by atoms with Gasteiger partial charge in [-0.15, -0.1) is 0 Å². The van der Waals surface area contributed by atoms with E-state index in [-0.39, 0.29) is 35.0 Å². The van der Waals surface area contributed by atoms with Crippen LogP contribution < -0.4 is 0 Å². The molecule has 1 aliphatic heterocycles. The second kappa shape index (κ2) is 10.2. The van der Waals surface area contributed by atoms with Crippen LogP contribution in [0.5, 0.6) is 0 Å². The van der Waals surface area contributed by atoms with E-state index in [0.29, 0.717) is 11.3 Å². The van der Waals surface area contributed by atoms with Gasteiger partial charge in [-0.25, -0.2) is 22.3 Å². The third-order valence-electron chi connectivity index (χ3n) is 5.99. The summed E-state index contributed by atoms with van der Waals surface area (Å²) in [6.07, 6.45) is -4.89. The summed E-state index contributed by atoms with van der Waals surface area (Å²) in [6.45, 7) is 6.52. The highest BCUT2D eigenvalue weighted by Gasteiger charge is 2.43. The van der Waals surface area contributed by atoms with Gasteiger partial charge < -0.3 is 0 Å². The Morgan fingerprint density at radius 1 is 1.14 bits per heavy atom. The first-order valence-electron chi connectivity index (χ1n) is 11.0. The molecule has 2 atom stereocenters. The number of benzene rings is 2. The third kappa shape index (κ3) is 5.69. The van der Waals surface area contributed by atoms with Crippen molar-refractivity contribution < 1.29 is 30.8 Å². The number of alkyl halides is 4. The van der Waals surface area contributed by atoms with Crippen molar-refractivity contribution in [2.24, 2.45) is 0 Å². The molecule has 0 amide bonds. The number of nitrogens with zero attached hydrogens (tertiary/aromatic N) is 4. The maximum absolute atomic E-state index is 14.3. The fraction of sp³-hybridized carbons (Fsp3) is 0.292. The van der Waals surface area contributed by atoms with Crippen molar-refractivity contribution >= 4 is 33.1 Å². The summed E-state index contributed by atoms with van der Waals surface area (Å²) in [5.74, 6) is -0.500. The van der Waals surface area contributed by atoms with Gasteiger partial charge in [0.2, 0.25) is 10.0 Å². The normalized spacial score (nSPS) is 18.6. The van der Waals surface area contributed by atoms with Crippen LogP contribution in [-0.2, 0) is 27.4 Å². The number of halogens is 5. The molecule has 0 bridgehead atoms. The summed E-state index contributed by atoms with van der Waals surface area (Å²) in [7, 11) is -4.18. The zero-order chi connectivity index (χ0) is 27.0. The van der Waals surface area contributed by atoms with Crippen LogP contribution in [-0.4, -0.2) is 47.0 Å². The molecular formula is C24H19ClF4N4O3S. The van der Waals surface area contributed by atoms with E-state index < -0.39 is 46.3 Å². The van der Waals surface area contributed by atoms with Crippen molar-refractivity contribution in [1.29, 1.82) is 0 Å². The van der Waals surface area contributed by atoms with E-state index in [1.807, 2.05) is 0 Å². The van der Waals surface area contributed by atoms with Crippen LogP contribution in [0.15, 0.2) is 59.6 Å². The Bertz CT molecular complexity index is 1450. The lowest BCUT2D eigenvalue weighted by Crippen LogP contribution is -2.40. The molecule has 13 heteroatoms. The van der Waals surface area contributed by atoms with Crippen molar-refractivity contribution in [2.75, 3.05) is 6.54 Å². The molecule has 0 N–H and O–H groups in total. The van der Waals surface area contributed by atoms with Crippen LogP contribution in [0.25, 0.3) is 10.5 Å². The van der Waals surface area contributed by atoms with Gasteiger partial charge in [0.15, 0.2) is 16.6 Å². The highest BCUT2D eigenvalue weighted by molar-refractivity contribution is 7.89. The number of ketones is 1. The van der Waals surface area contributed by atoms with Crippen LogP contribution in [0.2, 0.25) is 5.15 Å². The van der Waals surface area contributed by atoms with Crippen LogP contribution in [0, 0.1) is 6.57 Å². The molecule has 2 aromatic carbocycles. The molecule has 2 heterocycles. The highest BCUT2D eigenvalue weighted by Crippen LogP contribution is 2.32. The number of hydrogen-bond donors (Lipinski definition) is 0. The van der Waals surface area contributed by atoms with E-state index in [0.717, 1.165) is 16.4 Å². The molecule has 0 aliphatic carbocycles.